The Kier molecular flexibility index (Phi) is 6.20. The average molecular weight is 560 g/mol. The number of amides is 1. The van der Waals surface area contributed by atoms with Crippen LogP contribution < -0.4 is 5.73 Å². The number of phenols is 1. The van der Waals surface area contributed by atoms with Crippen molar-refractivity contribution in [1.29, 1.82) is 0 Å². The maximum absolute atomic E-state index is 13.7. The number of carbonyl (C=O) groups is 3. The van der Waals surface area contributed by atoms with E-state index < -0.39 is 75.0 Å². The van der Waals surface area contributed by atoms with Crippen LogP contribution in [0.25, 0.3) is 5.76 Å². The molecule has 1 saturated carbocycles. The predicted molar refractivity (Wildman–Crippen MR) is 125 cm³/mol. The van der Waals surface area contributed by atoms with E-state index in [0.717, 1.165) is 0 Å². The molecule has 0 saturated heterocycles. The number of hydrogen-bond acceptors (Lipinski definition) is 9. The fourth-order valence-electron chi connectivity index (χ4n) is 5.58. The third-order valence-corrected chi connectivity index (χ3v) is 7.73. The number of halogens is 2. The fourth-order valence-corrected chi connectivity index (χ4v) is 6.31. The van der Waals surface area contributed by atoms with Gasteiger partial charge >= 0.3 is 0 Å². The number of fused-ring (bicyclic) bond motifs is 3. The average Bonchev–Trinajstić information content (AvgIpc) is 2.69. The van der Waals surface area contributed by atoms with Gasteiger partial charge in [-0.2, -0.15) is 0 Å². The van der Waals surface area contributed by atoms with Gasteiger partial charge in [0.2, 0.25) is 5.78 Å². The molecule has 3 aliphatic rings. The van der Waals surface area contributed by atoms with Crippen LogP contribution in [0.3, 0.4) is 0 Å². The van der Waals surface area contributed by atoms with E-state index in [2.05, 4.69) is 15.9 Å². The Morgan fingerprint density at radius 1 is 1.18 bits per heavy atom. The lowest BCUT2D eigenvalue weighted by atomic mass is 9.54. The zero-order valence-electron chi connectivity index (χ0n) is 18.4. The van der Waals surface area contributed by atoms with Gasteiger partial charge in [-0.3, -0.25) is 19.3 Å². The number of nitrogens with zero attached hydrogens (tertiary/aromatic N) is 1. The van der Waals surface area contributed by atoms with E-state index >= 15 is 0 Å². The molecular weight excluding hydrogens is 536 g/mol. The molecule has 4 rings (SSSR count). The molecule has 1 fully saturated rings. The first-order valence-corrected chi connectivity index (χ1v) is 10.9. The summed E-state index contributed by atoms with van der Waals surface area (Å²) in [5.41, 5.74) is -0.701. The Labute approximate surface area is 208 Å². The molecule has 1 amide bonds. The summed E-state index contributed by atoms with van der Waals surface area (Å²) in [4.78, 5) is 40.1. The van der Waals surface area contributed by atoms with Crippen molar-refractivity contribution in [3.8, 4) is 5.75 Å². The summed E-state index contributed by atoms with van der Waals surface area (Å²) in [7, 11) is 3.00. The molecule has 1 aromatic rings. The third-order valence-electron chi connectivity index (χ3n) is 7.07. The van der Waals surface area contributed by atoms with Gasteiger partial charge in [-0.25, -0.2) is 0 Å². The minimum absolute atomic E-state index is 0. The standard InChI is InChI=1S/C22H23BrN2O8.ClH/c1-21(32)7-6-8-15(25(2)3)17(28)13(20(24)31)19(30)22(8,33)18(29)11(7)16(27)12-10(26)5-4-9(23)14(12)21;/h4-5,7-8,15,26-27,30,32-33H,6H2,1-3H3,(H2,24,31);1H/t7?,8-,15-,21-,22-;/m0./s1. The van der Waals surface area contributed by atoms with Crippen LogP contribution in [-0.2, 0) is 20.0 Å². The summed E-state index contributed by atoms with van der Waals surface area (Å²) in [6.45, 7) is 1.39. The van der Waals surface area contributed by atoms with Gasteiger partial charge in [-0.15, -0.1) is 12.4 Å². The fraction of sp³-hybridized carbons (Fsp3) is 0.409. The van der Waals surface area contributed by atoms with Crippen LogP contribution in [0.5, 0.6) is 5.75 Å². The molecule has 184 valence electrons. The number of aliphatic hydroxyl groups excluding tert-OH is 2. The maximum Gasteiger partial charge on any atom is 0.255 e. The van der Waals surface area contributed by atoms with Crippen LogP contribution in [0, 0.1) is 11.8 Å². The van der Waals surface area contributed by atoms with Gasteiger partial charge in [0.15, 0.2) is 11.4 Å². The molecule has 7 N–H and O–H groups in total. The van der Waals surface area contributed by atoms with E-state index in [1.54, 1.807) is 0 Å². The van der Waals surface area contributed by atoms with Gasteiger partial charge in [-0.05, 0) is 39.6 Å². The second kappa shape index (κ2) is 8.06. The Bertz CT molecular complexity index is 1210. The number of carbonyl (C=O) groups excluding carboxylic acids is 3. The highest BCUT2D eigenvalue weighted by Gasteiger charge is 2.66. The van der Waals surface area contributed by atoms with E-state index in [0.29, 0.717) is 4.47 Å². The number of aromatic hydroxyl groups is 1. The molecular formula is C22H24BrClN2O8. The van der Waals surface area contributed by atoms with Crippen molar-refractivity contribution >= 4 is 51.6 Å². The minimum Gasteiger partial charge on any atom is -0.508 e. The highest BCUT2D eigenvalue weighted by Crippen LogP contribution is 2.58. The molecule has 0 heterocycles. The number of likely N-dealkylation sites (N-methyl/N-ethyl adjacent to an activating group) is 1. The normalized spacial score (nSPS) is 32.7. The lowest BCUT2D eigenvalue weighted by Crippen LogP contribution is -2.67. The van der Waals surface area contributed by atoms with E-state index in [9.17, 15) is 39.9 Å². The number of benzene rings is 1. The molecule has 5 atom stereocenters. The molecule has 0 aliphatic heterocycles. The van der Waals surface area contributed by atoms with E-state index in [1.807, 2.05) is 0 Å². The predicted octanol–water partition coefficient (Wildman–Crippen LogP) is 0.813. The van der Waals surface area contributed by atoms with Crippen molar-refractivity contribution < 1.29 is 39.9 Å². The van der Waals surface area contributed by atoms with Crippen LogP contribution in [-0.4, -0.2) is 73.6 Å². The number of primary amides is 1. The summed E-state index contributed by atoms with van der Waals surface area (Å²) in [5.74, 6) is -8.03. The van der Waals surface area contributed by atoms with Gasteiger partial charge in [0.25, 0.3) is 5.91 Å². The summed E-state index contributed by atoms with van der Waals surface area (Å²) in [5, 5.41) is 55.3. The van der Waals surface area contributed by atoms with Gasteiger partial charge in [-0.1, -0.05) is 15.9 Å². The van der Waals surface area contributed by atoms with Gasteiger partial charge in [0, 0.05) is 27.4 Å². The highest BCUT2D eigenvalue weighted by atomic mass is 79.9. The quantitative estimate of drug-likeness (QED) is 0.286. The van der Waals surface area contributed by atoms with Crippen LogP contribution in [0.15, 0.2) is 33.5 Å². The first-order valence-electron chi connectivity index (χ1n) is 10.1. The molecule has 10 nitrogen and oxygen atoms in total. The van der Waals surface area contributed by atoms with Crippen molar-refractivity contribution in [2.45, 2.75) is 30.6 Å². The van der Waals surface area contributed by atoms with Crippen molar-refractivity contribution in [3.63, 3.8) is 0 Å². The Morgan fingerprint density at radius 2 is 1.76 bits per heavy atom. The number of phenolic OH excluding ortho intramolecular Hbond substituents is 1. The Hall–Kier alpha value is -2.44. The third kappa shape index (κ3) is 3.07. The number of hydrogen-bond donors (Lipinski definition) is 6. The number of ketones is 2. The number of nitrogens with two attached hydrogens (primary N) is 1. The molecule has 0 aromatic heterocycles. The zero-order chi connectivity index (χ0) is 24.8. The highest BCUT2D eigenvalue weighted by molar-refractivity contribution is 9.10. The zero-order valence-corrected chi connectivity index (χ0v) is 20.8. The lowest BCUT2D eigenvalue weighted by molar-refractivity contribution is -0.159. The van der Waals surface area contributed by atoms with Crippen molar-refractivity contribution in [2.75, 3.05) is 14.1 Å². The van der Waals surface area contributed by atoms with E-state index in [4.69, 9.17) is 5.73 Å². The molecule has 0 radical (unpaired) electrons. The summed E-state index contributed by atoms with van der Waals surface area (Å²) in [6.07, 6.45) is -0.221. The summed E-state index contributed by atoms with van der Waals surface area (Å²) < 4.78 is 0.363. The molecule has 1 unspecified atom stereocenters. The number of Topliss-reactive ketones (excluding diaryl/α,β-unsaturated/α-hetero) is 2. The second-order valence-corrected chi connectivity index (χ2v) is 9.93. The molecule has 0 spiro atoms. The summed E-state index contributed by atoms with van der Waals surface area (Å²) >= 11 is 3.31. The largest absolute Gasteiger partial charge is 0.508 e. The van der Waals surface area contributed by atoms with E-state index in [-0.39, 0.29) is 30.0 Å². The molecule has 3 aliphatic carbocycles. The second-order valence-electron chi connectivity index (χ2n) is 9.08. The van der Waals surface area contributed by atoms with Crippen LogP contribution >= 0.6 is 28.3 Å². The topological polar surface area (TPSA) is 182 Å². The lowest BCUT2D eigenvalue weighted by Gasteiger charge is -2.53. The molecule has 1 aromatic carbocycles. The Morgan fingerprint density at radius 3 is 2.29 bits per heavy atom. The number of aliphatic hydroxyl groups is 4. The first-order chi connectivity index (χ1) is 15.2. The SMILES string of the molecule is CN(C)[C@@H]1C(=O)C(C(N)=O)=C(O)[C@@]2(O)C(=O)C3=C(O)c4c(O)ccc(Br)c4[C@@](C)(O)C3C[C@@H]12.Cl. The van der Waals surface area contributed by atoms with Crippen LogP contribution in [0.4, 0.5) is 0 Å². The molecule has 34 heavy (non-hydrogen) atoms. The van der Waals surface area contributed by atoms with Crippen LogP contribution in [0.2, 0.25) is 0 Å². The van der Waals surface area contributed by atoms with E-state index in [1.165, 1.54) is 38.1 Å². The van der Waals surface area contributed by atoms with Crippen molar-refractivity contribution in [3.05, 3.63) is 44.6 Å². The maximum atomic E-state index is 13.7. The minimum atomic E-state index is -2.76. The summed E-state index contributed by atoms with van der Waals surface area (Å²) in [6, 6.07) is 1.50. The van der Waals surface area contributed by atoms with Crippen molar-refractivity contribution in [1.82, 2.24) is 4.90 Å². The monoisotopic (exact) mass is 558 g/mol. The van der Waals surface area contributed by atoms with Crippen LogP contribution in [0.1, 0.15) is 24.5 Å². The van der Waals surface area contributed by atoms with Gasteiger partial charge in [0.05, 0.1) is 17.2 Å². The van der Waals surface area contributed by atoms with Crippen molar-refractivity contribution in [2.24, 2.45) is 17.6 Å². The van der Waals surface area contributed by atoms with Gasteiger partial charge in [0.1, 0.15) is 22.8 Å². The molecule has 0 bridgehead atoms. The smallest absolute Gasteiger partial charge is 0.255 e. The van der Waals surface area contributed by atoms with Gasteiger partial charge < -0.3 is 31.3 Å². The molecule has 12 heteroatoms. The first kappa shape index (κ1) is 26.2. The number of rotatable bonds is 2. The Balaban J connectivity index is 0.00000324.